The first kappa shape index (κ1) is 14.2. The summed E-state index contributed by atoms with van der Waals surface area (Å²) in [5, 5.41) is 9.87. The predicted octanol–water partition coefficient (Wildman–Crippen LogP) is 2.89. The normalized spacial score (nSPS) is 10.5. The Labute approximate surface area is 117 Å². The van der Waals surface area contributed by atoms with E-state index in [0.29, 0.717) is 11.1 Å². The van der Waals surface area contributed by atoms with Gasteiger partial charge in [-0.1, -0.05) is 60.7 Å². The number of aliphatic hydroxyl groups excluding tert-OH is 1. The fraction of sp³-hybridized carbons (Fsp3) is 0.176. The third-order valence-corrected chi connectivity index (χ3v) is 3.03. The van der Waals surface area contributed by atoms with Crippen molar-refractivity contribution in [1.82, 2.24) is 0 Å². The fourth-order valence-corrected chi connectivity index (χ4v) is 1.98. The summed E-state index contributed by atoms with van der Waals surface area (Å²) in [5.41, 5.74) is 1.11. The van der Waals surface area contributed by atoms with Crippen LogP contribution >= 0.6 is 0 Å². The fourth-order valence-electron chi connectivity index (χ4n) is 1.98. The lowest BCUT2D eigenvalue weighted by atomic mass is 9.99. The molecule has 0 atom stereocenters. The highest BCUT2D eigenvalue weighted by molar-refractivity contribution is 5.98. The van der Waals surface area contributed by atoms with E-state index in [1.54, 1.807) is 48.5 Å². The molecule has 0 fully saturated rings. The maximum atomic E-state index is 11.9. The molecule has 0 aliphatic heterocycles. The average molecular weight is 268 g/mol. The van der Waals surface area contributed by atoms with Crippen molar-refractivity contribution >= 4 is 11.6 Å². The summed E-state index contributed by atoms with van der Waals surface area (Å²) in [5.74, 6) is -0.307. The highest BCUT2D eigenvalue weighted by Gasteiger charge is 2.16. The van der Waals surface area contributed by atoms with E-state index >= 15 is 0 Å². The van der Waals surface area contributed by atoms with Crippen LogP contribution in [-0.4, -0.2) is 22.8 Å². The number of hydrogen-bond donors (Lipinski definition) is 1. The van der Waals surface area contributed by atoms with Gasteiger partial charge in [-0.3, -0.25) is 9.59 Å². The summed E-state index contributed by atoms with van der Waals surface area (Å²) in [4.78, 5) is 23.8. The van der Waals surface area contributed by atoms with E-state index in [0.717, 1.165) is 0 Å². The van der Waals surface area contributed by atoms with Gasteiger partial charge in [0.15, 0.2) is 11.6 Å². The van der Waals surface area contributed by atoms with Crippen LogP contribution in [0.3, 0.4) is 0 Å². The van der Waals surface area contributed by atoms with Crippen LogP contribution < -0.4 is 0 Å². The van der Waals surface area contributed by atoms with Gasteiger partial charge >= 0.3 is 0 Å². The van der Waals surface area contributed by atoms with Crippen LogP contribution in [0.5, 0.6) is 0 Å². The summed E-state index contributed by atoms with van der Waals surface area (Å²) in [6, 6.07) is 17.6. The molecule has 0 spiro atoms. The number of Topliss-reactive ketones (excluding diaryl/α,β-unsaturated/α-hetero) is 2. The average Bonchev–Trinajstić information content (AvgIpc) is 2.49. The molecule has 0 radical (unpaired) electrons. The predicted molar refractivity (Wildman–Crippen MR) is 76.8 cm³/mol. The van der Waals surface area contributed by atoms with Crippen molar-refractivity contribution in [1.29, 1.82) is 0 Å². The first-order valence-corrected chi connectivity index (χ1v) is 6.51. The molecule has 0 aliphatic rings. The molecule has 1 N–H and O–H groups in total. The Morgan fingerprint density at radius 2 is 1.10 bits per heavy atom. The van der Waals surface area contributed by atoms with Crippen LogP contribution in [0.1, 0.15) is 33.6 Å². The molecule has 102 valence electrons. The molecule has 3 heteroatoms. The van der Waals surface area contributed by atoms with Crippen molar-refractivity contribution in [3.05, 3.63) is 71.8 Å². The molecule has 0 aromatic heterocycles. The van der Waals surface area contributed by atoms with E-state index in [-0.39, 0.29) is 24.4 Å². The van der Waals surface area contributed by atoms with E-state index < -0.39 is 6.10 Å². The lowest BCUT2D eigenvalue weighted by Gasteiger charge is -2.09. The topological polar surface area (TPSA) is 54.4 Å². The lowest BCUT2D eigenvalue weighted by Crippen LogP contribution is -2.18. The largest absolute Gasteiger partial charge is 0.392 e. The Morgan fingerprint density at radius 1 is 0.750 bits per heavy atom. The molecule has 0 heterocycles. The second kappa shape index (κ2) is 6.78. The molecule has 0 bridgehead atoms. The number of carbonyl (C=O) groups is 2. The van der Waals surface area contributed by atoms with Crippen LogP contribution in [0.2, 0.25) is 0 Å². The summed E-state index contributed by atoms with van der Waals surface area (Å²) >= 11 is 0. The van der Waals surface area contributed by atoms with Crippen molar-refractivity contribution < 1.29 is 14.7 Å². The molecule has 2 rings (SSSR count). The molecule has 0 amide bonds. The second-order valence-corrected chi connectivity index (χ2v) is 4.64. The molecule has 0 saturated heterocycles. The van der Waals surface area contributed by atoms with Gasteiger partial charge in [0.1, 0.15) is 0 Å². The first-order valence-electron chi connectivity index (χ1n) is 6.51. The van der Waals surface area contributed by atoms with Crippen molar-refractivity contribution in [3.63, 3.8) is 0 Å². The summed E-state index contributed by atoms with van der Waals surface area (Å²) in [6.07, 6.45) is -1.03. The SMILES string of the molecule is O=C(CC(O)CC(=O)c1ccccc1)c1ccccc1. The molecule has 20 heavy (non-hydrogen) atoms. The maximum absolute atomic E-state index is 11.9. The minimum absolute atomic E-state index is 0.0391. The minimum Gasteiger partial charge on any atom is -0.392 e. The van der Waals surface area contributed by atoms with Crippen LogP contribution in [0, 0.1) is 0 Å². The zero-order valence-electron chi connectivity index (χ0n) is 11.0. The Balaban J connectivity index is 1.91. The van der Waals surface area contributed by atoms with E-state index in [4.69, 9.17) is 0 Å². The van der Waals surface area contributed by atoms with Crippen molar-refractivity contribution in [2.24, 2.45) is 0 Å². The Kier molecular flexibility index (Phi) is 4.80. The number of hydrogen-bond acceptors (Lipinski definition) is 3. The molecule has 2 aromatic rings. The third kappa shape index (κ3) is 3.87. The zero-order chi connectivity index (χ0) is 14.4. The van der Waals surface area contributed by atoms with Crippen LogP contribution in [0.25, 0.3) is 0 Å². The molecule has 0 unspecified atom stereocenters. The van der Waals surface area contributed by atoms with Crippen LogP contribution in [0.15, 0.2) is 60.7 Å². The number of benzene rings is 2. The van der Waals surface area contributed by atoms with Crippen molar-refractivity contribution in [2.45, 2.75) is 18.9 Å². The van der Waals surface area contributed by atoms with Gasteiger partial charge in [0.2, 0.25) is 0 Å². The number of ketones is 2. The summed E-state index contributed by atoms with van der Waals surface area (Å²) in [6.45, 7) is 0. The molecular weight excluding hydrogens is 252 g/mol. The van der Waals surface area contributed by atoms with Crippen LogP contribution in [-0.2, 0) is 0 Å². The number of rotatable bonds is 6. The minimum atomic E-state index is -0.949. The third-order valence-electron chi connectivity index (χ3n) is 3.03. The van der Waals surface area contributed by atoms with Gasteiger partial charge < -0.3 is 5.11 Å². The molecule has 3 nitrogen and oxygen atoms in total. The first-order chi connectivity index (χ1) is 9.66. The Morgan fingerprint density at radius 3 is 1.45 bits per heavy atom. The van der Waals surface area contributed by atoms with Gasteiger partial charge in [0, 0.05) is 24.0 Å². The van der Waals surface area contributed by atoms with Crippen molar-refractivity contribution in [3.8, 4) is 0 Å². The number of aliphatic hydroxyl groups is 1. The van der Waals surface area contributed by atoms with Gasteiger partial charge in [-0.2, -0.15) is 0 Å². The zero-order valence-corrected chi connectivity index (χ0v) is 11.0. The summed E-state index contributed by atoms with van der Waals surface area (Å²) in [7, 11) is 0. The van der Waals surface area contributed by atoms with Gasteiger partial charge in [-0.15, -0.1) is 0 Å². The standard InChI is InChI=1S/C17H16O3/c18-15(11-16(19)13-7-3-1-4-8-13)12-17(20)14-9-5-2-6-10-14/h1-10,15,18H,11-12H2. The number of carbonyl (C=O) groups excluding carboxylic acids is 2. The molecular formula is C17H16O3. The highest BCUT2D eigenvalue weighted by atomic mass is 16.3. The maximum Gasteiger partial charge on any atom is 0.165 e. The van der Waals surface area contributed by atoms with E-state index in [2.05, 4.69) is 0 Å². The van der Waals surface area contributed by atoms with Gasteiger partial charge in [0.25, 0.3) is 0 Å². The van der Waals surface area contributed by atoms with Crippen molar-refractivity contribution in [2.75, 3.05) is 0 Å². The highest BCUT2D eigenvalue weighted by Crippen LogP contribution is 2.11. The van der Waals surface area contributed by atoms with Crippen LogP contribution in [0.4, 0.5) is 0 Å². The smallest absolute Gasteiger partial charge is 0.165 e. The Hall–Kier alpha value is -2.26. The van der Waals surface area contributed by atoms with Gasteiger partial charge in [-0.25, -0.2) is 0 Å². The molecule has 0 saturated carbocycles. The van der Waals surface area contributed by atoms with Gasteiger partial charge in [0.05, 0.1) is 6.10 Å². The second-order valence-electron chi connectivity index (χ2n) is 4.64. The summed E-state index contributed by atoms with van der Waals surface area (Å²) < 4.78 is 0. The molecule has 0 aliphatic carbocycles. The van der Waals surface area contributed by atoms with E-state index in [1.807, 2.05) is 12.1 Å². The molecule has 2 aromatic carbocycles. The monoisotopic (exact) mass is 268 g/mol. The quantitative estimate of drug-likeness (QED) is 0.819. The van der Waals surface area contributed by atoms with E-state index in [9.17, 15) is 14.7 Å². The van der Waals surface area contributed by atoms with Gasteiger partial charge in [-0.05, 0) is 0 Å². The Bertz CT molecular complexity index is 522. The lowest BCUT2D eigenvalue weighted by molar-refractivity contribution is 0.0797. The van der Waals surface area contributed by atoms with E-state index in [1.165, 1.54) is 0 Å².